The number of hydrogen-bond acceptors (Lipinski definition) is 3. The maximum absolute atomic E-state index is 12.7. The molecule has 2 aromatic rings. The van der Waals surface area contributed by atoms with Gasteiger partial charge in [-0.25, -0.2) is 0 Å². The van der Waals surface area contributed by atoms with Crippen LogP contribution in [0.1, 0.15) is 54.4 Å². The second-order valence-corrected chi connectivity index (χ2v) is 6.47. The lowest BCUT2D eigenvalue weighted by Crippen LogP contribution is -2.32. The van der Waals surface area contributed by atoms with Crippen molar-refractivity contribution in [1.29, 1.82) is 0 Å². The van der Waals surface area contributed by atoms with Crippen molar-refractivity contribution < 1.29 is 9.59 Å². The van der Waals surface area contributed by atoms with E-state index in [1.54, 1.807) is 24.1 Å². The van der Waals surface area contributed by atoms with E-state index >= 15 is 0 Å². The van der Waals surface area contributed by atoms with Crippen LogP contribution in [-0.2, 0) is 11.8 Å². The van der Waals surface area contributed by atoms with Gasteiger partial charge in [-0.15, -0.1) is 0 Å². The molecule has 0 spiro atoms. The van der Waals surface area contributed by atoms with Gasteiger partial charge in [-0.3, -0.25) is 14.3 Å². The summed E-state index contributed by atoms with van der Waals surface area (Å²) in [5.41, 5.74) is 2.79. The number of Topliss-reactive ketones (excluding diaryl/α,β-unsaturated/α-hetero) is 1. The second kappa shape index (κ2) is 6.99. The molecule has 0 saturated carbocycles. The SMILES string of the molecule is CC1CCCN(C(=O)CCC(=O)c2cnn(C)c2)c2ccccc21. The largest absolute Gasteiger partial charge is 0.312 e. The number of benzene rings is 1. The molecule has 1 amide bonds. The molecule has 0 radical (unpaired) electrons. The summed E-state index contributed by atoms with van der Waals surface area (Å²) < 4.78 is 1.60. The molecule has 1 aromatic carbocycles. The molecule has 1 aromatic heterocycles. The van der Waals surface area contributed by atoms with E-state index < -0.39 is 0 Å². The minimum absolute atomic E-state index is 0.0220. The molecule has 0 aliphatic carbocycles. The van der Waals surface area contributed by atoms with Gasteiger partial charge in [0.1, 0.15) is 0 Å². The first-order valence-electron chi connectivity index (χ1n) is 8.47. The molecule has 126 valence electrons. The highest BCUT2D eigenvalue weighted by Crippen LogP contribution is 2.34. The summed E-state index contributed by atoms with van der Waals surface area (Å²) in [6, 6.07) is 8.11. The fourth-order valence-corrected chi connectivity index (χ4v) is 3.31. The third-order valence-electron chi connectivity index (χ3n) is 4.67. The normalized spacial score (nSPS) is 17.2. The molecule has 1 unspecified atom stereocenters. The topological polar surface area (TPSA) is 55.2 Å². The Morgan fingerprint density at radius 2 is 2.04 bits per heavy atom. The first-order valence-corrected chi connectivity index (χ1v) is 8.47. The van der Waals surface area contributed by atoms with E-state index in [-0.39, 0.29) is 24.5 Å². The van der Waals surface area contributed by atoms with Gasteiger partial charge in [0.2, 0.25) is 5.91 Å². The highest BCUT2D eigenvalue weighted by Gasteiger charge is 2.24. The van der Waals surface area contributed by atoms with Crippen molar-refractivity contribution in [2.24, 2.45) is 7.05 Å². The van der Waals surface area contributed by atoms with Gasteiger partial charge in [0, 0.05) is 38.3 Å². The number of rotatable bonds is 4. The van der Waals surface area contributed by atoms with Crippen molar-refractivity contribution in [1.82, 2.24) is 9.78 Å². The Hall–Kier alpha value is -2.43. The number of hydrogen-bond donors (Lipinski definition) is 0. The van der Waals surface area contributed by atoms with Gasteiger partial charge in [0.05, 0.1) is 11.8 Å². The quantitative estimate of drug-likeness (QED) is 0.810. The summed E-state index contributed by atoms with van der Waals surface area (Å²) in [6.45, 7) is 2.93. The lowest BCUT2D eigenvalue weighted by Gasteiger charge is -2.23. The molecule has 0 fully saturated rings. The zero-order chi connectivity index (χ0) is 17.1. The van der Waals surface area contributed by atoms with Crippen LogP contribution in [0, 0.1) is 0 Å². The van der Waals surface area contributed by atoms with Gasteiger partial charge < -0.3 is 4.90 Å². The van der Waals surface area contributed by atoms with Crippen molar-refractivity contribution in [2.45, 2.75) is 38.5 Å². The van der Waals surface area contributed by atoms with Crippen LogP contribution in [0.15, 0.2) is 36.7 Å². The summed E-state index contributed by atoms with van der Waals surface area (Å²) >= 11 is 0. The molecule has 0 bridgehead atoms. The van der Waals surface area contributed by atoms with Gasteiger partial charge in [0.25, 0.3) is 0 Å². The van der Waals surface area contributed by atoms with Crippen molar-refractivity contribution in [3.8, 4) is 0 Å². The number of carbonyl (C=O) groups is 2. The maximum atomic E-state index is 12.7. The van der Waals surface area contributed by atoms with Gasteiger partial charge in [-0.05, 0) is 30.4 Å². The van der Waals surface area contributed by atoms with Crippen LogP contribution in [0.2, 0.25) is 0 Å². The number of nitrogens with zero attached hydrogens (tertiary/aromatic N) is 3. The van der Waals surface area contributed by atoms with Crippen molar-refractivity contribution >= 4 is 17.4 Å². The minimum Gasteiger partial charge on any atom is -0.312 e. The molecular formula is C19H23N3O2. The Balaban J connectivity index is 1.70. The number of aromatic nitrogens is 2. The Morgan fingerprint density at radius 1 is 1.25 bits per heavy atom. The van der Waals surface area contributed by atoms with E-state index in [0.717, 1.165) is 25.1 Å². The molecule has 1 aliphatic heterocycles. The number of para-hydroxylation sites is 1. The average Bonchev–Trinajstić information content (AvgIpc) is 2.95. The zero-order valence-electron chi connectivity index (χ0n) is 14.2. The number of amides is 1. The molecule has 5 heteroatoms. The molecule has 0 saturated heterocycles. The number of ketones is 1. The van der Waals surface area contributed by atoms with Gasteiger partial charge in [-0.1, -0.05) is 25.1 Å². The van der Waals surface area contributed by atoms with Gasteiger partial charge >= 0.3 is 0 Å². The fraction of sp³-hybridized carbons (Fsp3) is 0.421. The van der Waals surface area contributed by atoms with Crippen LogP contribution in [0.4, 0.5) is 5.69 Å². The summed E-state index contributed by atoms with van der Waals surface area (Å²) in [5.74, 6) is 0.442. The molecule has 1 atom stereocenters. The first kappa shape index (κ1) is 16.4. The maximum Gasteiger partial charge on any atom is 0.227 e. The van der Waals surface area contributed by atoms with Crippen LogP contribution in [-0.4, -0.2) is 28.0 Å². The monoisotopic (exact) mass is 325 g/mol. The van der Waals surface area contributed by atoms with Gasteiger partial charge in [0.15, 0.2) is 5.78 Å². The number of carbonyl (C=O) groups excluding carboxylic acids is 2. The Kier molecular flexibility index (Phi) is 4.79. The molecule has 2 heterocycles. The van der Waals surface area contributed by atoms with E-state index in [0.29, 0.717) is 11.5 Å². The zero-order valence-corrected chi connectivity index (χ0v) is 14.2. The highest BCUT2D eigenvalue weighted by atomic mass is 16.2. The standard InChI is InChI=1S/C19H23N3O2/c1-14-6-5-11-22(17-8-4-3-7-16(14)17)19(24)10-9-18(23)15-12-20-21(2)13-15/h3-4,7-8,12-14H,5-6,9-11H2,1-2H3. The van der Waals surface area contributed by atoms with Crippen molar-refractivity contribution in [2.75, 3.05) is 11.4 Å². The van der Waals surface area contributed by atoms with Crippen LogP contribution in [0.3, 0.4) is 0 Å². The Labute approximate surface area is 142 Å². The summed E-state index contributed by atoms with van der Waals surface area (Å²) in [6.07, 6.45) is 5.76. The van der Waals surface area contributed by atoms with E-state index in [1.165, 1.54) is 5.56 Å². The van der Waals surface area contributed by atoms with Crippen LogP contribution in [0.5, 0.6) is 0 Å². The predicted molar refractivity (Wildman–Crippen MR) is 93.2 cm³/mol. The summed E-state index contributed by atoms with van der Waals surface area (Å²) in [4.78, 5) is 26.8. The third-order valence-corrected chi connectivity index (χ3v) is 4.67. The first-order chi connectivity index (χ1) is 11.6. The Bertz CT molecular complexity index is 751. The molecule has 24 heavy (non-hydrogen) atoms. The van der Waals surface area contributed by atoms with Crippen LogP contribution >= 0.6 is 0 Å². The van der Waals surface area contributed by atoms with E-state index in [9.17, 15) is 9.59 Å². The third kappa shape index (κ3) is 3.40. The summed E-state index contributed by atoms with van der Waals surface area (Å²) in [7, 11) is 1.78. The number of aryl methyl sites for hydroxylation is 1. The van der Waals surface area contributed by atoms with E-state index in [2.05, 4.69) is 18.1 Å². The lowest BCUT2D eigenvalue weighted by atomic mass is 9.96. The van der Waals surface area contributed by atoms with E-state index in [1.807, 2.05) is 23.1 Å². The summed E-state index contributed by atoms with van der Waals surface area (Å²) in [5, 5.41) is 4.01. The minimum atomic E-state index is -0.0343. The number of anilines is 1. The Morgan fingerprint density at radius 3 is 2.79 bits per heavy atom. The predicted octanol–water partition coefficient (Wildman–Crippen LogP) is 3.31. The molecule has 5 nitrogen and oxygen atoms in total. The average molecular weight is 325 g/mol. The fourth-order valence-electron chi connectivity index (χ4n) is 3.31. The molecule has 3 rings (SSSR count). The molecule has 1 aliphatic rings. The van der Waals surface area contributed by atoms with Crippen LogP contribution in [0.25, 0.3) is 0 Å². The van der Waals surface area contributed by atoms with Crippen LogP contribution < -0.4 is 4.90 Å². The van der Waals surface area contributed by atoms with Crippen molar-refractivity contribution in [3.05, 3.63) is 47.8 Å². The highest BCUT2D eigenvalue weighted by molar-refractivity contribution is 6.00. The second-order valence-electron chi connectivity index (χ2n) is 6.47. The number of fused-ring (bicyclic) bond motifs is 1. The van der Waals surface area contributed by atoms with Crippen molar-refractivity contribution in [3.63, 3.8) is 0 Å². The van der Waals surface area contributed by atoms with E-state index in [4.69, 9.17) is 0 Å². The van der Waals surface area contributed by atoms with Gasteiger partial charge in [-0.2, -0.15) is 5.10 Å². The smallest absolute Gasteiger partial charge is 0.227 e. The molecular weight excluding hydrogens is 302 g/mol. The lowest BCUT2D eigenvalue weighted by molar-refractivity contribution is -0.118. The molecule has 0 N–H and O–H groups in total.